The molecule has 1 saturated heterocycles. The van der Waals surface area contributed by atoms with Crippen molar-refractivity contribution in [1.29, 1.82) is 0 Å². The minimum Gasteiger partial charge on any atom is -0.490 e. The Balaban J connectivity index is 1.88. The summed E-state index contributed by atoms with van der Waals surface area (Å²) in [5, 5.41) is 11.0. The van der Waals surface area contributed by atoms with E-state index in [1.807, 2.05) is 32.0 Å². The molecule has 28 heavy (non-hydrogen) atoms. The molecule has 0 radical (unpaired) electrons. The molecule has 1 fully saturated rings. The standard InChI is InChI=1S/C19H15BrN2O4S2/c1-11(2)26-16-7-6-12(8-15(16)20)9-17-18(23)21(19(27)28-17)13-4-3-5-14(10-13)22(24)25/h3-11H,1-2H3/b17-9+. The van der Waals surface area contributed by atoms with Gasteiger partial charge in [0.25, 0.3) is 11.6 Å². The minimum absolute atomic E-state index is 0.0494. The molecule has 0 unspecified atom stereocenters. The van der Waals surface area contributed by atoms with Crippen molar-refractivity contribution in [2.75, 3.05) is 4.90 Å². The highest BCUT2D eigenvalue weighted by Crippen LogP contribution is 2.37. The third kappa shape index (κ3) is 4.43. The number of anilines is 1. The van der Waals surface area contributed by atoms with Gasteiger partial charge in [-0.25, -0.2) is 0 Å². The zero-order valence-corrected chi connectivity index (χ0v) is 18.1. The summed E-state index contributed by atoms with van der Waals surface area (Å²) in [4.78, 5) is 25.1. The fraction of sp³-hybridized carbons (Fsp3) is 0.158. The molecule has 6 nitrogen and oxygen atoms in total. The minimum atomic E-state index is -0.505. The summed E-state index contributed by atoms with van der Waals surface area (Å²) < 4.78 is 6.80. The number of carbonyl (C=O) groups excluding carboxylic acids is 1. The van der Waals surface area contributed by atoms with Crippen molar-refractivity contribution in [3.05, 3.63) is 67.5 Å². The summed E-state index contributed by atoms with van der Waals surface area (Å²) in [7, 11) is 0. The monoisotopic (exact) mass is 478 g/mol. The lowest BCUT2D eigenvalue weighted by molar-refractivity contribution is -0.384. The highest BCUT2D eigenvalue weighted by Gasteiger charge is 2.34. The predicted molar refractivity (Wildman–Crippen MR) is 119 cm³/mol. The molecule has 3 rings (SSSR count). The summed E-state index contributed by atoms with van der Waals surface area (Å²) in [5.74, 6) is 0.408. The predicted octanol–water partition coefficient (Wildman–Crippen LogP) is 5.55. The third-order valence-corrected chi connectivity index (χ3v) is 5.63. The second-order valence-electron chi connectivity index (χ2n) is 6.15. The summed E-state index contributed by atoms with van der Waals surface area (Å²) in [5.41, 5.74) is 1.09. The number of hydrogen-bond donors (Lipinski definition) is 0. The van der Waals surface area contributed by atoms with Crippen LogP contribution < -0.4 is 9.64 Å². The lowest BCUT2D eigenvalue weighted by atomic mass is 10.2. The average Bonchev–Trinajstić information content (AvgIpc) is 2.90. The zero-order chi connectivity index (χ0) is 20.4. The molecule has 0 saturated carbocycles. The van der Waals surface area contributed by atoms with E-state index in [2.05, 4.69) is 15.9 Å². The summed E-state index contributed by atoms with van der Waals surface area (Å²) in [6.07, 6.45) is 1.79. The molecule has 0 bridgehead atoms. The van der Waals surface area contributed by atoms with Crippen LogP contribution in [0.25, 0.3) is 6.08 Å². The van der Waals surface area contributed by atoms with Crippen molar-refractivity contribution in [1.82, 2.24) is 0 Å². The number of nitro groups is 1. The molecular weight excluding hydrogens is 464 g/mol. The number of nitrogens with zero attached hydrogens (tertiary/aromatic N) is 2. The first-order valence-electron chi connectivity index (χ1n) is 8.25. The molecule has 0 aromatic heterocycles. The van der Waals surface area contributed by atoms with Gasteiger partial charge in [-0.3, -0.25) is 19.8 Å². The van der Waals surface area contributed by atoms with Gasteiger partial charge in [-0.05, 0) is 59.6 Å². The maximum absolute atomic E-state index is 12.8. The van der Waals surface area contributed by atoms with Gasteiger partial charge in [0.2, 0.25) is 0 Å². The Hall–Kier alpha value is -2.23. The molecule has 2 aromatic rings. The first-order chi connectivity index (χ1) is 13.3. The van der Waals surface area contributed by atoms with Crippen LogP contribution >= 0.6 is 39.9 Å². The SMILES string of the molecule is CC(C)Oc1ccc(/C=C2/SC(=S)N(c3cccc([N+](=O)[O-])c3)C2=O)cc1Br. The second-order valence-corrected chi connectivity index (χ2v) is 8.68. The number of nitro benzene ring substituents is 1. The van der Waals surface area contributed by atoms with Gasteiger partial charge in [0.15, 0.2) is 4.32 Å². The van der Waals surface area contributed by atoms with E-state index in [9.17, 15) is 14.9 Å². The number of rotatable bonds is 5. The Bertz CT molecular complexity index is 1010. The maximum atomic E-state index is 12.8. The van der Waals surface area contributed by atoms with Crippen LogP contribution in [-0.2, 0) is 4.79 Å². The first kappa shape index (κ1) is 20.5. The molecule has 1 amide bonds. The molecule has 2 aromatic carbocycles. The van der Waals surface area contributed by atoms with Crippen LogP contribution in [0, 0.1) is 10.1 Å². The number of thioether (sulfide) groups is 1. The van der Waals surface area contributed by atoms with Crippen LogP contribution in [0.5, 0.6) is 5.75 Å². The highest BCUT2D eigenvalue weighted by molar-refractivity contribution is 9.10. The summed E-state index contributed by atoms with van der Waals surface area (Å²) >= 11 is 9.96. The average molecular weight is 479 g/mol. The van der Waals surface area contributed by atoms with Gasteiger partial charge in [-0.15, -0.1) is 0 Å². The molecule has 9 heteroatoms. The number of halogens is 1. The Morgan fingerprint density at radius 2 is 2.04 bits per heavy atom. The van der Waals surface area contributed by atoms with E-state index < -0.39 is 4.92 Å². The van der Waals surface area contributed by atoms with Crippen molar-refractivity contribution in [3.63, 3.8) is 0 Å². The van der Waals surface area contributed by atoms with E-state index in [4.69, 9.17) is 17.0 Å². The quantitative estimate of drug-likeness (QED) is 0.242. The van der Waals surface area contributed by atoms with E-state index in [1.165, 1.54) is 23.1 Å². The molecule has 1 aliphatic rings. The van der Waals surface area contributed by atoms with E-state index >= 15 is 0 Å². The molecule has 0 spiro atoms. The number of hydrogen-bond acceptors (Lipinski definition) is 6. The van der Waals surface area contributed by atoms with Crippen molar-refractivity contribution >= 4 is 67.6 Å². The molecule has 144 valence electrons. The fourth-order valence-electron chi connectivity index (χ4n) is 2.54. The summed E-state index contributed by atoms with van der Waals surface area (Å²) in [6, 6.07) is 11.4. The van der Waals surface area contributed by atoms with Crippen LogP contribution in [0.2, 0.25) is 0 Å². The van der Waals surface area contributed by atoms with Gasteiger partial charge in [0.05, 0.1) is 26.1 Å². The topological polar surface area (TPSA) is 72.7 Å². The largest absolute Gasteiger partial charge is 0.490 e. The van der Waals surface area contributed by atoms with Crippen LogP contribution in [0.3, 0.4) is 0 Å². The van der Waals surface area contributed by atoms with Gasteiger partial charge >= 0.3 is 0 Å². The molecule has 0 aliphatic carbocycles. The third-order valence-electron chi connectivity index (χ3n) is 3.71. The number of amides is 1. The number of carbonyl (C=O) groups is 1. The van der Waals surface area contributed by atoms with E-state index in [-0.39, 0.29) is 17.7 Å². The lowest BCUT2D eigenvalue weighted by Gasteiger charge is -2.14. The smallest absolute Gasteiger partial charge is 0.271 e. The van der Waals surface area contributed by atoms with Crippen molar-refractivity contribution in [2.24, 2.45) is 0 Å². The van der Waals surface area contributed by atoms with E-state index in [1.54, 1.807) is 12.1 Å². The molecule has 0 N–H and O–H groups in total. The van der Waals surface area contributed by atoms with Gasteiger partial charge in [0.1, 0.15) is 5.75 Å². The van der Waals surface area contributed by atoms with Crippen molar-refractivity contribution in [3.8, 4) is 5.75 Å². The lowest BCUT2D eigenvalue weighted by Crippen LogP contribution is -2.27. The van der Waals surface area contributed by atoms with Crippen molar-refractivity contribution < 1.29 is 14.5 Å². The molecule has 1 aliphatic heterocycles. The maximum Gasteiger partial charge on any atom is 0.271 e. The van der Waals surface area contributed by atoms with Gasteiger partial charge in [-0.1, -0.05) is 36.1 Å². The second kappa shape index (κ2) is 8.42. The fourth-order valence-corrected chi connectivity index (χ4v) is 4.33. The Morgan fingerprint density at radius 1 is 1.29 bits per heavy atom. The number of ether oxygens (including phenoxy) is 1. The Morgan fingerprint density at radius 3 is 2.68 bits per heavy atom. The van der Waals surface area contributed by atoms with E-state index in [0.717, 1.165) is 27.5 Å². The highest BCUT2D eigenvalue weighted by atomic mass is 79.9. The van der Waals surface area contributed by atoms with Crippen molar-refractivity contribution in [2.45, 2.75) is 20.0 Å². The first-order valence-corrected chi connectivity index (χ1v) is 10.3. The molecule has 0 atom stereocenters. The summed E-state index contributed by atoms with van der Waals surface area (Å²) in [6.45, 7) is 3.89. The zero-order valence-electron chi connectivity index (χ0n) is 14.9. The number of non-ortho nitro benzene ring substituents is 1. The van der Waals surface area contributed by atoms with Gasteiger partial charge in [-0.2, -0.15) is 0 Å². The van der Waals surface area contributed by atoms with Crippen LogP contribution in [0.1, 0.15) is 19.4 Å². The van der Waals surface area contributed by atoms with Crippen LogP contribution in [0.4, 0.5) is 11.4 Å². The molecular formula is C19H15BrN2O4S2. The number of benzene rings is 2. The van der Waals surface area contributed by atoms with Crippen LogP contribution in [0.15, 0.2) is 51.8 Å². The van der Waals surface area contributed by atoms with Gasteiger partial charge in [0, 0.05) is 12.1 Å². The Kier molecular flexibility index (Phi) is 6.17. The number of thiocarbonyl (C=S) groups is 1. The Labute approximate surface area is 179 Å². The van der Waals surface area contributed by atoms with Crippen LogP contribution in [-0.4, -0.2) is 21.3 Å². The normalized spacial score (nSPS) is 15.6. The molecule has 1 heterocycles. The van der Waals surface area contributed by atoms with Gasteiger partial charge < -0.3 is 4.74 Å². The van der Waals surface area contributed by atoms with E-state index in [0.29, 0.717) is 14.9 Å².